The number of ether oxygens (including phenoxy) is 2. The summed E-state index contributed by atoms with van der Waals surface area (Å²) in [5.74, 6) is 1.17. The van der Waals surface area contributed by atoms with E-state index in [4.69, 9.17) is 21.1 Å². The van der Waals surface area contributed by atoms with Crippen LogP contribution in [0.4, 0.5) is 0 Å². The summed E-state index contributed by atoms with van der Waals surface area (Å²) >= 11 is 5.99. The average molecular weight is 227 g/mol. The van der Waals surface area contributed by atoms with Crippen molar-refractivity contribution >= 4 is 17.4 Å². The van der Waals surface area contributed by atoms with E-state index in [1.807, 2.05) is 6.92 Å². The molecule has 2 rings (SSSR count). The maximum Gasteiger partial charge on any atom is 0.231 e. The molecule has 0 bridgehead atoms. The van der Waals surface area contributed by atoms with Crippen molar-refractivity contribution in [2.75, 3.05) is 6.79 Å². The lowest BCUT2D eigenvalue weighted by atomic mass is 10.0. The summed E-state index contributed by atoms with van der Waals surface area (Å²) in [6.07, 6.45) is 0.720. The van der Waals surface area contributed by atoms with E-state index >= 15 is 0 Å². The van der Waals surface area contributed by atoms with Crippen molar-refractivity contribution in [1.82, 2.24) is 0 Å². The number of hydrogen-bond donors (Lipinski definition) is 0. The van der Waals surface area contributed by atoms with E-state index in [0.29, 0.717) is 22.1 Å². The first-order valence-electron chi connectivity index (χ1n) is 4.77. The van der Waals surface area contributed by atoms with E-state index in [0.717, 1.165) is 12.0 Å². The Morgan fingerprint density at radius 3 is 2.73 bits per heavy atom. The number of rotatable bonds is 2. The first kappa shape index (κ1) is 10.3. The van der Waals surface area contributed by atoms with Crippen LogP contribution >= 0.6 is 11.6 Å². The number of fused-ring (bicyclic) bond motifs is 1. The van der Waals surface area contributed by atoms with Crippen LogP contribution < -0.4 is 9.47 Å². The molecule has 3 nitrogen and oxygen atoms in total. The van der Waals surface area contributed by atoms with Crippen molar-refractivity contribution in [2.45, 2.75) is 20.3 Å². The molecule has 0 fully saturated rings. The Bertz CT molecular complexity index is 426. The van der Waals surface area contributed by atoms with Crippen LogP contribution in [-0.2, 0) is 6.42 Å². The van der Waals surface area contributed by atoms with E-state index in [9.17, 15) is 4.79 Å². The molecule has 0 atom stereocenters. The van der Waals surface area contributed by atoms with Crippen molar-refractivity contribution in [3.05, 3.63) is 22.2 Å². The first-order chi connectivity index (χ1) is 7.15. The number of halogens is 1. The molecule has 0 unspecified atom stereocenters. The molecule has 0 amide bonds. The van der Waals surface area contributed by atoms with Crippen LogP contribution in [0.25, 0.3) is 0 Å². The van der Waals surface area contributed by atoms with Gasteiger partial charge < -0.3 is 9.47 Å². The Morgan fingerprint density at radius 2 is 2.13 bits per heavy atom. The number of benzene rings is 1. The zero-order chi connectivity index (χ0) is 11.0. The molecule has 0 spiro atoms. The highest BCUT2D eigenvalue weighted by Crippen LogP contribution is 2.43. The molecule has 0 aromatic heterocycles. The number of carbonyl (C=O) groups is 1. The zero-order valence-corrected chi connectivity index (χ0v) is 9.35. The lowest BCUT2D eigenvalue weighted by Gasteiger charge is -2.09. The van der Waals surface area contributed by atoms with Gasteiger partial charge in [-0.15, -0.1) is 0 Å². The molecule has 80 valence electrons. The zero-order valence-electron chi connectivity index (χ0n) is 8.59. The summed E-state index contributed by atoms with van der Waals surface area (Å²) < 4.78 is 10.6. The maximum absolute atomic E-state index is 11.4. The van der Waals surface area contributed by atoms with Crippen LogP contribution in [-0.4, -0.2) is 12.6 Å². The first-order valence-corrected chi connectivity index (χ1v) is 5.14. The van der Waals surface area contributed by atoms with Crippen molar-refractivity contribution < 1.29 is 14.3 Å². The van der Waals surface area contributed by atoms with Gasteiger partial charge in [0.05, 0.1) is 5.02 Å². The molecule has 0 N–H and O–H groups in total. The Morgan fingerprint density at radius 1 is 1.47 bits per heavy atom. The molecule has 0 radical (unpaired) electrons. The van der Waals surface area contributed by atoms with E-state index in [1.165, 1.54) is 6.92 Å². The highest BCUT2D eigenvalue weighted by molar-refractivity contribution is 6.32. The van der Waals surface area contributed by atoms with Crippen molar-refractivity contribution in [1.29, 1.82) is 0 Å². The van der Waals surface area contributed by atoms with Gasteiger partial charge in [-0.1, -0.05) is 18.5 Å². The fourth-order valence-electron chi connectivity index (χ4n) is 1.75. The predicted molar refractivity (Wildman–Crippen MR) is 57.0 cm³/mol. The van der Waals surface area contributed by atoms with Gasteiger partial charge in [-0.2, -0.15) is 0 Å². The van der Waals surface area contributed by atoms with Gasteiger partial charge in [0.25, 0.3) is 0 Å². The quantitative estimate of drug-likeness (QED) is 0.728. The summed E-state index contributed by atoms with van der Waals surface area (Å²) in [7, 11) is 0. The molecule has 4 heteroatoms. The fraction of sp³-hybridized carbons (Fsp3) is 0.364. The molecule has 0 aliphatic carbocycles. The SMILES string of the molecule is CCc1c(C(C)=O)cc(Cl)c2c1OCO2. The van der Waals surface area contributed by atoms with E-state index in [2.05, 4.69) is 0 Å². The Balaban J connectivity index is 2.68. The van der Waals surface area contributed by atoms with E-state index < -0.39 is 0 Å². The van der Waals surface area contributed by atoms with Crippen LogP contribution in [0, 0.1) is 0 Å². The molecular weight excluding hydrogens is 216 g/mol. The largest absolute Gasteiger partial charge is 0.453 e. The predicted octanol–water partition coefficient (Wildman–Crippen LogP) is 2.83. The van der Waals surface area contributed by atoms with Gasteiger partial charge in [0.1, 0.15) is 0 Å². The molecule has 0 saturated carbocycles. The highest BCUT2D eigenvalue weighted by Gasteiger charge is 2.24. The molecule has 1 aliphatic rings. The molecule has 0 saturated heterocycles. The van der Waals surface area contributed by atoms with Crippen LogP contribution in [0.3, 0.4) is 0 Å². The molecule has 15 heavy (non-hydrogen) atoms. The molecule has 1 heterocycles. The molecular formula is C11H11ClO3. The Labute approximate surface area is 92.9 Å². The number of Topliss-reactive ketones (excluding diaryl/α,β-unsaturated/α-hetero) is 1. The number of ketones is 1. The van der Waals surface area contributed by atoms with Gasteiger partial charge in [-0.3, -0.25) is 4.79 Å². The lowest BCUT2D eigenvalue weighted by molar-refractivity contribution is 0.101. The minimum Gasteiger partial charge on any atom is -0.453 e. The summed E-state index contributed by atoms with van der Waals surface area (Å²) in [5.41, 5.74) is 1.49. The summed E-state index contributed by atoms with van der Waals surface area (Å²) in [5, 5.41) is 0.435. The topological polar surface area (TPSA) is 35.5 Å². The second-order valence-electron chi connectivity index (χ2n) is 3.36. The van der Waals surface area contributed by atoms with Gasteiger partial charge >= 0.3 is 0 Å². The van der Waals surface area contributed by atoms with Crippen LogP contribution in [0.15, 0.2) is 6.07 Å². The Kier molecular flexibility index (Phi) is 2.57. The van der Waals surface area contributed by atoms with E-state index in [-0.39, 0.29) is 12.6 Å². The number of carbonyl (C=O) groups excluding carboxylic acids is 1. The molecule has 1 aromatic carbocycles. The highest BCUT2D eigenvalue weighted by atomic mass is 35.5. The second kappa shape index (κ2) is 3.74. The van der Waals surface area contributed by atoms with Gasteiger partial charge in [-0.05, 0) is 19.4 Å². The standard InChI is InChI=1S/C11H11ClO3/c1-3-7-8(6(2)13)4-9(12)11-10(7)14-5-15-11/h4H,3,5H2,1-2H3. The third kappa shape index (κ3) is 1.57. The summed E-state index contributed by atoms with van der Waals surface area (Å²) in [4.78, 5) is 11.4. The van der Waals surface area contributed by atoms with Gasteiger partial charge in [0.15, 0.2) is 17.3 Å². The second-order valence-corrected chi connectivity index (χ2v) is 3.77. The van der Waals surface area contributed by atoms with E-state index in [1.54, 1.807) is 6.07 Å². The minimum atomic E-state index is -0.00736. The lowest BCUT2D eigenvalue weighted by Crippen LogP contribution is -2.00. The van der Waals surface area contributed by atoms with Crippen molar-refractivity contribution in [2.24, 2.45) is 0 Å². The van der Waals surface area contributed by atoms with Crippen molar-refractivity contribution in [3.8, 4) is 11.5 Å². The summed E-state index contributed by atoms with van der Waals surface area (Å²) in [6, 6.07) is 1.65. The molecule has 1 aliphatic heterocycles. The van der Waals surface area contributed by atoms with Crippen LogP contribution in [0.2, 0.25) is 5.02 Å². The molecule has 1 aromatic rings. The maximum atomic E-state index is 11.4. The van der Waals surface area contributed by atoms with Crippen LogP contribution in [0.1, 0.15) is 29.8 Å². The van der Waals surface area contributed by atoms with Gasteiger partial charge in [0.2, 0.25) is 6.79 Å². The third-order valence-corrected chi connectivity index (χ3v) is 2.71. The van der Waals surface area contributed by atoms with Gasteiger partial charge in [-0.25, -0.2) is 0 Å². The summed E-state index contributed by atoms with van der Waals surface area (Å²) in [6.45, 7) is 3.66. The normalized spacial score (nSPS) is 13.0. The average Bonchev–Trinajstić information content (AvgIpc) is 2.66. The van der Waals surface area contributed by atoms with Gasteiger partial charge in [0, 0.05) is 11.1 Å². The minimum absolute atomic E-state index is 0.00736. The van der Waals surface area contributed by atoms with Crippen LogP contribution in [0.5, 0.6) is 11.5 Å². The third-order valence-electron chi connectivity index (χ3n) is 2.43. The smallest absolute Gasteiger partial charge is 0.231 e. The Hall–Kier alpha value is -1.22. The monoisotopic (exact) mass is 226 g/mol. The fourth-order valence-corrected chi connectivity index (χ4v) is 2.00. The number of hydrogen-bond acceptors (Lipinski definition) is 3. The van der Waals surface area contributed by atoms with Crippen molar-refractivity contribution in [3.63, 3.8) is 0 Å².